The molecule has 1 aromatic heterocycles. The van der Waals surface area contributed by atoms with Gasteiger partial charge in [0.1, 0.15) is 23.7 Å². The van der Waals surface area contributed by atoms with E-state index >= 15 is 0 Å². The van der Waals surface area contributed by atoms with Crippen LogP contribution in [-0.4, -0.2) is 25.2 Å². The molecule has 2 heterocycles. The Hall–Kier alpha value is -2.60. The second kappa shape index (κ2) is 9.74. The molecule has 0 aliphatic carbocycles. The smallest absolute Gasteiger partial charge is 0.349 e. The Kier molecular flexibility index (Phi) is 7.09. The number of benzene rings is 1. The summed E-state index contributed by atoms with van der Waals surface area (Å²) in [6, 6.07) is 8.85. The van der Waals surface area contributed by atoms with Crippen LogP contribution in [0.5, 0.6) is 5.75 Å². The summed E-state index contributed by atoms with van der Waals surface area (Å²) in [7, 11) is 0. The van der Waals surface area contributed by atoms with Gasteiger partial charge in [0.25, 0.3) is 5.91 Å². The molecule has 0 spiro atoms. The zero-order valence-corrected chi connectivity index (χ0v) is 17.3. The van der Waals surface area contributed by atoms with Gasteiger partial charge in [0.2, 0.25) is 0 Å². The van der Waals surface area contributed by atoms with Crippen LogP contribution in [-0.2, 0) is 11.2 Å². The van der Waals surface area contributed by atoms with Crippen molar-refractivity contribution in [2.75, 3.05) is 18.5 Å². The van der Waals surface area contributed by atoms with Gasteiger partial charge in [0, 0.05) is 18.7 Å². The second-order valence-electron chi connectivity index (χ2n) is 7.92. The Balaban J connectivity index is 1.61. The zero-order valence-electron chi connectivity index (χ0n) is 17.3. The van der Waals surface area contributed by atoms with E-state index in [-0.39, 0.29) is 11.7 Å². The molecule has 29 heavy (non-hydrogen) atoms. The summed E-state index contributed by atoms with van der Waals surface area (Å²) in [5, 5.41) is 2.75. The van der Waals surface area contributed by atoms with E-state index in [1.54, 1.807) is 37.3 Å². The van der Waals surface area contributed by atoms with E-state index in [1.807, 2.05) is 0 Å². The Bertz CT molecular complexity index is 879. The zero-order chi connectivity index (χ0) is 20.8. The first-order chi connectivity index (χ1) is 13.9. The number of anilines is 1. The molecule has 1 saturated heterocycles. The maximum Gasteiger partial charge on any atom is 0.349 e. The third-order valence-electron chi connectivity index (χ3n) is 4.97. The molecule has 1 amide bonds. The third kappa shape index (κ3) is 5.94. The van der Waals surface area contributed by atoms with E-state index < -0.39 is 11.5 Å². The SMILES string of the molecule is Cc1cc(CCC(C)C)oc(=O)c1C(=O)Nc1ccc(OCC2CCCO2)cc1. The molecule has 156 valence electrons. The van der Waals surface area contributed by atoms with E-state index in [1.165, 1.54) is 0 Å². The molecular formula is C23H29NO5. The summed E-state index contributed by atoms with van der Waals surface area (Å²) in [6.45, 7) is 7.31. The molecule has 1 unspecified atom stereocenters. The van der Waals surface area contributed by atoms with Gasteiger partial charge in [0.05, 0.1) is 6.10 Å². The number of hydrogen-bond acceptors (Lipinski definition) is 5. The molecule has 1 aromatic carbocycles. The predicted octanol–water partition coefficient (Wildman–Crippen LogP) is 4.35. The Morgan fingerprint density at radius 1 is 1.28 bits per heavy atom. The maximum absolute atomic E-state index is 12.6. The third-order valence-corrected chi connectivity index (χ3v) is 4.97. The summed E-state index contributed by atoms with van der Waals surface area (Å²) in [6.07, 6.45) is 3.86. The van der Waals surface area contributed by atoms with Crippen LogP contribution in [0.1, 0.15) is 54.8 Å². The van der Waals surface area contributed by atoms with Crippen molar-refractivity contribution in [2.24, 2.45) is 5.92 Å². The summed E-state index contributed by atoms with van der Waals surface area (Å²) in [4.78, 5) is 24.9. The topological polar surface area (TPSA) is 77.8 Å². The fourth-order valence-electron chi connectivity index (χ4n) is 3.29. The largest absolute Gasteiger partial charge is 0.491 e. The number of carbonyl (C=O) groups is 1. The van der Waals surface area contributed by atoms with Crippen LogP contribution in [0.3, 0.4) is 0 Å². The molecular weight excluding hydrogens is 370 g/mol. The van der Waals surface area contributed by atoms with E-state index in [2.05, 4.69) is 19.2 Å². The lowest BCUT2D eigenvalue weighted by Crippen LogP contribution is -2.23. The van der Waals surface area contributed by atoms with Gasteiger partial charge in [-0.25, -0.2) is 4.79 Å². The van der Waals surface area contributed by atoms with Crippen molar-refractivity contribution in [3.05, 3.63) is 57.6 Å². The van der Waals surface area contributed by atoms with Crippen molar-refractivity contribution < 1.29 is 18.7 Å². The summed E-state index contributed by atoms with van der Waals surface area (Å²) < 4.78 is 16.6. The molecule has 1 N–H and O–H groups in total. The molecule has 1 atom stereocenters. The quantitative estimate of drug-likeness (QED) is 0.714. The van der Waals surface area contributed by atoms with Crippen molar-refractivity contribution in [1.29, 1.82) is 0 Å². The number of amides is 1. The van der Waals surface area contributed by atoms with E-state index in [4.69, 9.17) is 13.9 Å². The average molecular weight is 399 g/mol. The van der Waals surface area contributed by atoms with Gasteiger partial charge < -0.3 is 19.2 Å². The normalized spacial score (nSPS) is 16.2. The molecule has 1 aliphatic rings. The van der Waals surface area contributed by atoms with Crippen molar-refractivity contribution in [1.82, 2.24) is 0 Å². The summed E-state index contributed by atoms with van der Waals surface area (Å²) in [5.41, 5.74) is 0.644. The van der Waals surface area contributed by atoms with Gasteiger partial charge >= 0.3 is 5.63 Å². The molecule has 0 bridgehead atoms. The lowest BCUT2D eigenvalue weighted by molar-refractivity contribution is 0.0679. The first-order valence-electron chi connectivity index (χ1n) is 10.2. The van der Waals surface area contributed by atoms with Gasteiger partial charge in [-0.2, -0.15) is 0 Å². The van der Waals surface area contributed by atoms with Gasteiger partial charge in [0.15, 0.2) is 0 Å². The molecule has 0 radical (unpaired) electrons. The second-order valence-corrected chi connectivity index (χ2v) is 7.92. The fourth-order valence-corrected chi connectivity index (χ4v) is 3.29. The highest BCUT2D eigenvalue weighted by atomic mass is 16.5. The highest BCUT2D eigenvalue weighted by Crippen LogP contribution is 2.19. The van der Waals surface area contributed by atoms with Gasteiger partial charge in [-0.1, -0.05) is 13.8 Å². The number of nitrogens with one attached hydrogen (secondary N) is 1. The number of ether oxygens (including phenoxy) is 2. The van der Waals surface area contributed by atoms with Crippen LogP contribution >= 0.6 is 0 Å². The highest BCUT2D eigenvalue weighted by molar-refractivity contribution is 6.04. The van der Waals surface area contributed by atoms with Crippen LogP contribution in [0, 0.1) is 12.8 Å². The van der Waals surface area contributed by atoms with Gasteiger partial charge in [-0.05, 0) is 68.0 Å². The van der Waals surface area contributed by atoms with Crippen molar-refractivity contribution in [3.63, 3.8) is 0 Å². The monoisotopic (exact) mass is 399 g/mol. The minimum atomic E-state index is -0.599. The molecule has 6 nitrogen and oxygen atoms in total. The number of aryl methyl sites for hydroxylation is 2. The van der Waals surface area contributed by atoms with Gasteiger partial charge in [-0.3, -0.25) is 4.79 Å². The Morgan fingerprint density at radius 3 is 2.66 bits per heavy atom. The van der Waals surface area contributed by atoms with Gasteiger partial charge in [-0.15, -0.1) is 0 Å². The first-order valence-corrected chi connectivity index (χ1v) is 10.2. The molecule has 1 fully saturated rings. The van der Waals surface area contributed by atoms with Crippen molar-refractivity contribution in [2.45, 2.75) is 52.6 Å². The minimum absolute atomic E-state index is 0.0389. The molecule has 6 heteroatoms. The first kappa shape index (κ1) is 21.1. The fraction of sp³-hybridized carbons (Fsp3) is 0.478. The Labute approximate surface area is 171 Å². The molecule has 2 aromatic rings. The van der Waals surface area contributed by atoms with E-state index in [9.17, 15) is 9.59 Å². The average Bonchev–Trinajstić information content (AvgIpc) is 3.19. The van der Waals surface area contributed by atoms with E-state index in [0.29, 0.717) is 41.7 Å². The maximum atomic E-state index is 12.6. The van der Waals surface area contributed by atoms with Crippen LogP contribution in [0.4, 0.5) is 5.69 Å². The number of carbonyl (C=O) groups excluding carboxylic acids is 1. The summed E-state index contributed by atoms with van der Waals surface area (Å²) >= 11 is 0. The Morgan fingerprint density at radius 2 is 2.03 bits per heavy atom. The predicted molar refractivity (Wildman–Crippen MR) is 112 cm³/mol. The lowest BCUT2D eigenvalue weighted by Gasteiger charge is -2.12. The van der Waals surface area contributed by atoms with Crippen LogP contribution in [0.15, 0.2) is 39.5 Å². The number of rotatable bonds is 8. The summed E-state index contributed by atoms with van der Waals surface area (Å²) in [5.74, 6) is 1.37. The molecule has 3 rings (SSSR count). The van der Waals surface area contributed by atoms with Crippen molar-refractivity contribution in [3.8, 4) is 5.75 Å². The minimum Gasteiger partial charge on any atom is -0.491 e. The van der Waals surface area contributed by atoms with E-state index in [0.717, 1.165) is 25.9 Å². The molecule has 0 saturated carbocycles. The van der Waals surface area contributed by atoms with Crippen molar-refractivity contribution >= 4 is 11.6 Å². The van der Waals surface area contributed by atoms with Crippen LogP contribution in [0.2, 0.25) is 0 Å². The van der Waals surface area contributed by atoms with Crippen LogP contribution in [0.25, 0.3) is 0 Å². The number of hydrogen-bond donors (Lipinski definition) is 1. The molecule has 1 aliphatic heterocycles. The highest BCUT2D eigenvalue weighted by Gasteiger charge is 2.18. The van der Waals surface area contributed by atoms with Crippen LogP contribution < -0.4 is 15.7 Å². The standard InChI is InChI=1S/C23H29NO5/c1-15(2)6-9-19-13-16(3)21(23(26)29-19)22(25)24-17-7-10-18(11-8-17)28-14-20-5-4-12-27-20/h7-8,10-11,13,15,20H,4-6,9,12,14H2,1-3H3,(H,24,25). The lowest BCUT2D eigenvalue weighted by atomic mass is 10.0.